The standard InChI is InChI=1S/C11H11NO2S/c1-14-8-4-2-6-12-10(8)11(13)9-5-3-7-15-9/h2-7,11,13H,1H3. The lowest BCUT2D eigenvalue weighted by molar-refractivity contribution is 0.213. The number of aliphatic hydroxyl groups is 1. The SMILES string of the molecule is COc1cccnc1C(O)c1cccs1. The van der Waals surface area contributed by atoms with Crippen molar-refractivity contribution in [1.29, 1.82) is 0 Å². The summed E-state index contributed by atoms with van der Waals surface area (Å²) in [6.07, 6.45) is 0.940. The Labute approximate surface area is 92.0 Å². The average molecular weight is 221 g/mol. The van der Waals surface area contributed by atoms with E-state index < -0.39 is 6.10 Å². The minimum absolute atomic E-state index is 0.558. The largest absolute Gasteiger partial charge is 0.495 e. The fourth-order valence-electron chi connectivity index (χ4n) is 1.36. The van der Waals surface area contributed by atoms with Gasteiger partial charge in [-0.05, 0) is 23.6 Å². The van der Waals surface area contributed by atoms with Crippen LogP contribution in [0.3, 0.4) is 0 Å². The summed E-state index contributed by atoms with van der Waals surface area (Å²) in [6, 6.07) is 7.35. The molecule has 1 N–H and O–H groups in total. The van der Waals surface area contributed by atoms with Gasteiger partial charge in [0.1, 0.15) is 17.5 Å². The molecule has 0 amide bonds. The minimum atomic E-state index is -0.707. The second-order valence-corrected chi connectivity index (χ2v) is 3.99. The van der Waals surface area contributed by atoms with Crippen LogP contribution in [0.1, 0.15) is 16.7 Å². The average Bonchev–Trinajstić information content (AvgIpc) is 2.81. The first-order valence-corrected chi connectivity index (χ1v) is 5.41. The maximum atomic E-state index is 10.1. The fourth-order valence-corrected chi connectivity index (χ4v) is 2.07. The molecule has 2 aromatic rings. The molecule has 0 aliphatic heterocycles. The van der Waals surface area contributed by atoms with Crippen LogP contribution in [0.15, 0.2) is 35.8 Å². The molecule has 0 aliphatic carbocycles. The third-order valence-electron chi connectivity index (χ3n) is 2.09. The Balaban J connectivity index is 2.37. The summed E-state index contributed by atoms with van der Waals surface area (Å²) in [4.78, 5) is 5.00. The second-order valence-electron chi connectivity index (χ2n) is 3.01. The molecular formula is C11H11NO2S. The third-order valence-corrected chi connectivity index (χ3v) is 3.02. The molecule has 0 radical (unpaired) electrons. The zero-order chi connectivity index (χ0) is 10.7. The zero-order valence-corrected chi connectivity index (χ0v) is 9.07. The van der Waals surface area contributed by atoms with Gasteiger partial charge in [0.05, 0.1) is 7.11 Å². The molecule has 78 valence electrons. The van der Waals surface area contributed by atoms with Crippen molar-refractivity contribution in [3.63, 3.8) is 0 Å². The van der Waals surface area contributed by atoms with Crippen LogP contribution in [-0.4, -0.2) is 17.2 Å². The predicted molar refractivity (Wildman–Crippen MR) is 59.2 cm³/mol. The number of methoxy groups -OCH3 is 1. The van der Waals surface area contributed by atoms with Crippen molar-refractivity contribution in [2.24, 2.45) is 0 Å². The molecule has 2 rings (SSSR count). The highest BCUT2D eigenvalue weighted by molar-refractivity contribution is 7.10. The summed E-state index contributed by atoms with van der Waals surface area (Å²) in [5, 5.41) is 12.0. The van der Waals surface area contributed by atoms with E-state index >= 15 is 0 Å². The van der Waals surface area contributed by atoms with Crippen molar-refractivity contribution in [2.75, 3.05) is 7.11 Å². The van der Waals surface area contributed by atoms with Gasteiger partial charge in [0.15, 0.2) is 0 Å². The Morgan fingerprint density at radius 3 is 2.93 bits per heavy atom. The Bertz CT molecular complexity index is 428. The van der Waals surface area contributed by atoms with Gasteiger partial charge >= 0.3 is 0 Å². The smallest absolute Gasteiger partial charge is 0.143 e. The number of hydrogen-bond donors (Lipinski definition) is 1. The molecule has 0 saturated heterocycles. The lowest BCUT2D eigenvalue weighted by Gasteiger charge is -2.11. The van der Waals surface area contributed by atoms with Crippen molar-refractivity contribution in [1.82, 2.24) is 4.98 Å². The van der Waals surface area contributed by atoms with E-state index in [-0.39, 0.29) is 0 Å². The van der Waals surface area contributed by atoms with Crippen LogP contribution in [0.2, 0.25) is 0 Å². The summed E-state index contributed by atoms with van der Waals surface area (Å²) in [5.74, 6) is 0.610. The molecule has 1 unspecified atom stereocenters. The Kier molecular flexibility index (Phi) is 2.99. The maximum Gasteiger partial charge on any atom is 0.143 e. The van der Waals surface area contributed by atoms with E-state index in [2.05, 4.69) is 4.98 Å². The number of thiophene rings is 1. The first-order chi connectivity index (χ1) is 7.33. The summed E-state index contributed by atoms with van der Waals surface area (Å²) < 4.78 is 5.15. The van der Waals surface area contributed by atoms with Gasteiger partial charge in [-0.1, -0.05) is 6.07 Å². The molecule has 4 heteroatoms. The highest BCUT2D eigenvalue weighted by Gasteiger charge is 2.16. The lowest BCUT2D eigenvalue weighted by atomic mass is 10.2. The van der Waals surface area contributed by atoms with Crippen LogP contribution >= 0.6 is 11.3 Å². The van der Waals surface area contributed by atoms with Gasteiger partial charge in [-0.25, -0.2) is 0 Å². The highest BCUT2D eigenvalue weighted by Crippen LogP contribution is 2.29. The molecule has 0 saturated carbocycles. The van der Waals surface area contributed by atoms with E-state index in [9.17, 15) is 5.11 Å². The van der Waals surface area contributed by atoms with Gasteiger partial charge in [-0.3, -0.25) is 4.98 Å². The summed E-state index contributed by atoms with van der Waals surface area (Å²) in [7, 11) is 1.57. The van der Waals surface area contributed by atoms with E-state index in [0.29, 0.717) is 11.4 Å². The van der Waals surface area contributed by atoms with E-state index in [1.807, 2.05) is 17.5 Å². The van der Waals surface area contributed by atoms with E-state index in [0.717, 1.165) is 4.88 Å². The topological polar surface area (TPSA) is 42.4 Å². The van der Waals surface area contributed by atoms with Gasteiger partial charge in [0, 0.05) is 11.1 Å². The number of rotatable bonds is 3. The molecule has 0 spiro atoms. The first kappa shape index (κ1) is 10.1. The van der Waals surface area contributed by atoms with E-state index in [1.165, 1.54) is 11.3 Å². The van der Waals surface area contributed by atoms with Crippen molar-refractivity contribution in [3.8, 4) is 5.75 Å². The Morgan fingerprint density at radius 2 is 2.27 bits per heavy atom. The van der Waals surface area contributed by atoms with Crippen molar-refractivity contribution < 1.29 is 9.84 Å². The molecule has 15 heavy (non-hydrogen) atoms. The zero-order valence-electron chi connectivity index (χ0n) is 8.25. The van der Waals surface area contributed by atoms with Crippen LogP contribution < -0.4 is 4.74 Å². The molecule has 0 fully saturated rings. The van der Waals surface area contributed by atoms with E-state index in [4.69, 9.17) is 4.74 Å². The van der Waals surface area contributed by atoms with Crippen molar-refractivity contribution in [2.45, 2.75) is 6.10 Å². The van der Waals surface area contributed by atoms with Crippen LogP contribution in [0, 0.1) is 0 Å². The van der Waals surface area contributed by atoms with Gasteiger partial charge in [0.25, 0.3) is 0 Å². The second kappa shape index (κ2) is 4.42. The molecule has 0 bridgehead atoms. The van der Waals surface area contributed by atoms with Gasteiger partial charge in [-0.2, -0.15) is 0 Å². The molecule has 0 aromatic carbocycles. The van der Waals surface area contributed by atoms with E-state index in [1.54, 1.807) is 25.4 Å². The Morgan fingerprint density at radius 1 is 1.40 bits per heavy atom. The Hall–Kier alpha value is -1.39. The lowest BCUT2D eigenvalue weighted by Crippen LogP contribution is -2.02. The minimum Gasteiger partial charge on any atom is -0.495 e. The summed E-state index contributed by atoms with van der Waals surface area (Å²) >= 11 is 1.50. The van der Waals surface area contributed by atoms with Gasteiger partial charge in [-0.15, -0.1) is 11.3 Å². The maximum absolute atomic E-state index is 10.1. The molecule has 1 atom stereocenters. The number of aliphatic hydroxyl groups excluding tert-OH is 1. The summed E-state index contributed by atoms with van der Waals surface area (Å²) in [5.41, 5.74) is 0.558. The van der Waals surface area contributed by atoms with Crippen molar-refractivity contribution >= 4 is 11.3 Å². The van der Waals surface area contributed by atoms with Crippen LogP contribution in [0.25, 0.3) is 0 Å². The normalized spacial score (nSPS) is 12.4. The molecule has 2 heterocycles. The first-order valence-electron chi connectivity index (χ1n) is 4.53. The molecule has 2 aromatic heterocycles. The number of nitrogens with zero attached hydrogens (tertiary/aromatic N) is 1. The predicted octanol–water partition coefficient (Wildman–Crippen LogP) is 2.23. The monoisotopic (exact) mass is 221 g/mol. The quantitative estimate of drug-likeness (QED) is 0.864. The molecular weight excluding hydrogens is 210 g/mol. The number of ether oxygens (including phenoxy) is 1. The van der Waals surface area contributed by atoms with Gasteiger partial charge in [0.2, 0.25) is 0 Å². The number of pyridine rings is 1. The van der Waals surface area contributed by atoms with Crippen molar-refractivity contribution in [3.05, 3.63) is 46.4 Å². The fraction of sp³-hybridized carbons (Fsp3) is 0.182. The number of aromatic nitrogens is 1. The van der Waals surface area contributed by atoms with Crippen LogP contribution in [-0.2, 0) is 0 Å². The molecule has 3 nitrogen and oxygen atoms in total. The number of hydrogen-bond acceptors (Lipinski definition) is 4. The van der Waals surface area contributed by atoms with Gasteiger partial charge < -0.3 is 9.84 Å². The van der Waals surface area contributed by atoms with Crippen LogP contribution in [0.5, 0.6) is 5.75 Å². The third kappa shape index (κ3) is 2.00. The summed E-state index contributed by atoms with van der Waals surface area (Å²) in [6.45, 7) is 0. The van der Waals surface area contributed by atoms with Crippen LogP contribution in [0.4, 0.5) is 0 Å². The highest BCUT2D eigenvalue weighted by atomic mass is 32.1. The molecule has 0 aliphatic rings.